The molecule has 0 aliphatic heterocycles. The van der Waals surface area contributed by atoms with Gasteiger partial charge in [0.05, 0.1) is 11.9 Å². The fourth-order valence-corrected chi connectivity index (χ4v) is 1.70. The molecule has 1 aromatic carbocycles. The SMILES string of the molecule is Nc1ccncc1Oc1cc(Cl)cc(Cl)c1. The van der Waals surface area contributed by atoms with E-state index in [9.17, 15) is 0 Å². The number of rotatable bonds is 2. The van der Waals surface area contributed by atoms with Gasteiger partial charge in [-0.3, -0.25) is 4.98 Å². The number of ether oxygens (including phenoxy) is 1. The van der Waals surface area contributed by atoms with Crippen molar-refractivity contribution in [3.63, 3.8) is 0 Å². The summed E-state index contributed by atoms with van der Waals surface area (Å²) >= 11 is 11.7. The van der Waals surface area contributed by atoms with Crippen LogP contribution in [0.15, 0.2) is 36.7 Å². The molecule has 0 fully saturated rings. The van der Waals surface area contributed by atoms with E-state index in [1.54, 1.807) is 30.5 Å². The number of nitrogens with two attached hydrogens (primary N) is 1. The molecular weight excluding hydrogens is 247 g/mol. The van der Waals surface area contributed by atoms with Gasteiger partial charge >= 0.3 is 0 Å². The standard InChI is InChI=1S/C11H8Cl2N2O/c12-7-3-8(13)5-9(4-7)16-11-6-15-2-1-10(11)14/h1-6H,(H2,14,15). The Morgan fingerprint density at radius 1 is 1.12 bits per heavy atom. The highest BCUT2D eigenvalue weighted by molar-refractivity contribution is 6.34. The second kappa shape index (κ2) is 4.60. The minimum absolute atomic E-state index is 0.473. The van der Waals surface area contributed by atoms with Crippen molar-refractivity contribution in [1.29, 1.82) is 0 Å². The predicted molar refractivity (Wildman–Crippen MR) is 65.2 cm³/mol. The smallest absolute Gasteiger partial charge is 0.168 e. The highest BCUT2D eigenvalue weighted by atomic mass is 35.5. The first-order valence-corrected chi connectivity index (χ1v) is 5.24. The monoisotopic (exact) mass is 254 g/mol. The average Bonchev–Trinajstić information content (AvgIpc) is 2.20. The molecule has 0 aliphatic carbocycles. The second-order valence-electron chi connectivity index (χ2n) is 3.12. The van der Waals surface area contributed by atoms with Crippen molar-refractivity contribution < 1.29 is 4.74 Å². The van der Waals surface area contributed by atoms with Gasteiger partial charge in [0, 0.05) is 16.2 Å². The van der Waals surface area contributed by atoms with Crippen molar-refractivity contribution in [3.8, 4) is 11.5 Å². The molecule has 0 radical (unpaired) electrons. The van der Waals surface area contributed by atoms with E-state index in [4.69, 9.17) is 33.7 Å². The number of anilines is 1. The van der Waals surface area contributed by atoms with Gasteiger partial charge in [0.1, 0.15) is 5.75 Å². The number of nitrogens with zero attached hydrogens (tertiary/aromatic N) is 1. The number of nitrogen functional groups attached to an aromatic ring is 1. The minimum atomic E-state index is 0.473. The van der Waals surface area contributed by atoms with Gasteiger partial charge in [0.2, 0.25) is 0 Å². The Morgan fingerprint density at radius 2 is 1.81 bits per heavy atom. The highest BCUT2D eigenvalue weighted by Crippen LogP contribution is 2.30. The molecule has 82 valence electrons. The number of benzene rings is 1. The van der Waals surface area contributed by atoms with Gasteiger partial charge < -0.3 is 10.5 Å². The summed E-state index contributed by atoms with van der Waals surface area (Å²) in [6, 6.07) is 6.59. The summed E-state index contributed by atoms with van der Waals surface area (Å²) < 4.78 is 5.51. The predicted octanol–water partition coefficient (Wildman–Crippen LogP) is 3.76. The second-order valence-corrected chi connectivity index (χ2v) is 3.99. The summed E-state index contributed by atoms with van der Waals surface area (Å²) in [6.07, 6.45) is 3.12. The molecule has 0 spiro atoms. The molecule has 0 aliphatic rings. The van der Waals surface area contributed by atoms with Gasteiger partial charge in [0.15, 0.2) is 5.75 Å². The molecule has 0 saturated heterocycles. The lowest BCUT2D eigenvalue weighted by Gasteiger charge is -2.08. The van der Waals surface area contributed by atoms with E-state index >= 15 is 0 Å². The maximum atomic E-state index is 5.84. The zero-order chi connectivity index (χ0) is 11.5. The van der Waals surface area contributed by atoms with Crippen LogP contribution in [-0.2, 0) is 0 Å². The zero-order valence-electron chi connectivity index (χ0n) is 8.15. The third kappa shape index (κ3) is 2.56. The Bertz CT molecular complexity index is 497. The summed E-state index contributed by atoms with van der Waals surface area (Å²) in [6.45, 7) is 0. The summed E-state index contributed by atoms with van der Waals surface area (Å²) in [5.41, 5.74) is 6.22. The Labute approximate surface area is 103 Å². The first-order valence-electron chi connectivity index (χ1n) is 4.48. The fourth-order valence-electron chi connectivity index (χ4n) is 1.19. The Balaban J connectivity index is 2.30. The van der Waals surface area contributed by atoms with Gasteiger partial charge in [-0.2, -0.15) is 0 Å². The molecule has 2 N–H and O–H groups in total. The van der Waals surface area contributed by atoms with Crippen LogP contribution in [0.2, 0.25) is 10.0 Å². The molecular formula is C11H8Cl2N2O. The first kappa shape index (κ1) is 11.0. The van der Waals surface area contributed by atoms with Gasteiger partial charge in [-0.05, 0) is 24.3 Å². The van der Waals surface area contributed by atoms with Crippen molar-refractivity contribution in [1.82, 2.24) is 4.98 Å². The van der Waals surface area contributed by atoms with E-state index in [2.05, 4.69) is 4.98 Å². The van der Waals surface area contributed by atoms with E-state index in [1.807, 2.05) is 0 Å². The van der Waals surface area contributed by atoms with Crippen LogP contribution in [0, 0.1) is 0 Å². The normalized spacial score (nSPS) is 10.1. The van der Waals surface area contributed by atoms with E-state index in [0.29, 0.717) is 27.2 Å². The number of hydrogen-bond acceptors (Lipinski definition) is 3. The molecule has 2 aromatic rings. The maximum Gasteiger partial charge on any atom is 0.168 e. The minimum Gasteiger partial charge on any atom is -0.453 e. The van der Waals surface area contributed by atoms with Crippen LogP contribution in [0.3, 0.4) is 0 Å². The molecule has 0 bridgehead atoms. The lowest BCUT2D eigenvalue weighted by atomic mass is 10.3. The topological polar surface area (TPSA) is 48.1 Å². The van der Waals surface area contributed by atoms with Crippen molar-refractivity contribution in [2.45, 2.75) is 0 Å². The third-order valence-corrected chi connectivity index (χ3v) is 2.32. The largest absolute Gasteiger partial charge is 0.453 e. The van der Waals surface area contributed by atoms with Crippen LogP contribution in [0.1, 0.15) is 0 Å². The van der Waals surface area contributed by atoms with Gasteiger partial charge in [-0.25, -0.2) is 0 Å². The molecule has 1 heterocycles. The van der Waals surface area contributed by atoms with Crippen LogP contribution < -0.4 is 10.5 Å². The van der Waals surface area contributed by atoms with Crippen molar-refractivity contribution in [2.75, 3.05) is 5.73 Å². The number of pyridine rings is 1. The van der Waals surface area contributed by atoms with Crippen LogP contribution in [-0.4, -0.2) is 4.98 Å². The Morgan fingerprint density at radius 3 is 2.44 bits per heavy atom. The molecule has 3 nitrogen and oxygen atoms in total. The lowest BCUT2D eigenvalue weighted by Crippen LogP contribution is -1.92. The van der Waals surface area contributed by atoms with E-state index in [1.165, 1.54) is 6.20 Å². The molecule has 5 heteroatoms. The first-order chi connectivity index (χ1) is 7.65. The molecule has 2 rings (SSSR count). The maximum absolute atomic E-state index is 5.84. The lowest BCUT2D eigenvalue weighted by molar-refractivity contribution is 0.483. The molecule has 0 atom stereocenters. The zero-order valence-corrected chi connectivity index (χ0v) is 9.66. The van der Waals surface area contributed by atoms with Crippen molar-refractivity contribution in [2.24, 2.45) is 0 Å². The number of hydrogen-bond donors (Lipinski definition) is 1. The number of halogens is 2. The summed E-state index contributed by atoms with van der Waals surface area (Å²) in [4.78, 5) is 3.92. The molecule has 0 unspecified atom stereocenters. The van der Waals surface area contributed by atoms with Gasteiger partial charge in [-0.1, -0.05) is 23.2 Å². The molecule has 1 aromatic heterocycles. The highest BCUT2D eigenvalue weighted by Gasteiger charge is 2.03. The van der Waals surface area contributed by atoms with Gasteiger partial charge in [0.25, 0.3) is 0 Å². The van der Waals surface area contributed by atoms with Crippen LogP contribution in [0.4, 0.5) is 5.69 Å². The van der Waals surface area contributed by atoms with E-state index in [-0.39, 0.29) is 0 Å². The molecule has 0 amide bonds. The van der Waals surface area contributed by atoms with Gasteiger partial charge in [-0.15, -0.1) is 0 Å². The Kier molecular flexibility index (Phi) is 3.17. The summed E-state index contributed by atoms with van der Waals surface area (Å²) in [7, 11) is 0. The average molecular weight is 255 g/mol. The van der Waals surface area contributed by atoms with Crippen LogP contribution in [0.25, 0.3) is 0 Å². The Hall–Kier alpha value is -1.45. The van der Waals surface area contributed by atoms with Crippen molar-refractivity contribution in [3.05, 3.63) is 46.7 Å². The molecule has 0 saturated carbocycles. The van der Waals surface area contributed by atoms with Crippen LogP contribution >= 0.6 is 23.2 Å². The van der Waals surface area contributed by atoms with Crippen molar-refractivity contribution >= 4 is 28.9 Å². The van der Waals surface area contributed by atoms with Crippen LogP contribution in [0.5, 0.6) is 11.5 Å². The quantitative estimate of drug-likeness (QED) is 0.888. The summed E-state index contributed by atoms with van der Waals surface area (Å²) in [5.74, 6) is 0.998. The number of aromatic nitrogens is 1. The third-order valence-electron chi connectivity index (χ3n) is 1.88. The van der Waals surface area contributed by atoms with E-state index in [0.717, 1.165) is 0 Å². The molecule has 16 heavy (non-hydrogen) atoms. The summed E-state index contributed by atoms with van der Waals surface area (Å²) in [5, 5.41) is 1.01. The van der Waals surface area contributed by atoms with E-state index < -0.39 is 0 Å². The fraction of sp³-hybridized carbons (Fsp3) is 0.